The standard InChI is InChI=1S/C29H44N4/c1-9-19-33(20-10-2)21-24(6)13-16-28(25(7)17-18-31-26(8)30)29(32-22(3)4)27-14-11-23(5)12-15-27/h11-15,17-18H,7,9-10,16,19-21H2,1-6,8H3,(H2,30,31)/b18-17-,24-13+,29-28+. The first-order valence-electron chi connectivity index (χ1n) is 12.0. The van der Waals surface area contributed by atoms with Crippen LogP contribution in [0.2, 0.25) is 0 Å². The molecule has 0 saturated heterocycles. The van der Waals surface area contributed by atoms with Crippen molar-refractivity contribution in [1.29, 1.82) is 0 Å². The highest BCUT2D eigenvalue weighted by Gasteiger charge is 2.12. The van der Waals surface area contributed by atoms with Gasteiger partial charge in [0.2, 0.25) is 0 Å². The maximum atomic E-state index is 5.70. The average Bonchev–Trinajstić information content (AvgIpc) is 2.73. The second-order valence-corrected chi connectivity index (χ2v) is 8.89. The number of rotatable bonds is 13. The molecule has 0 unspecified atom stereocenters. The lowest BCUT2D eigenvalue weighted by Crippen LogP contribution is -2.27. The monoisotopic (exact) mass is 448 g/mol. The molecule has 1 aromatic carbocycles. The van der Waals surface area contributed by atoms with Gasteiger partial charge in [-0.2, -0.15) is 0 Å². The highest BCUT2D eigenvalue weighted by molar-refractivity contribution is 5.88. The van der Waals surface area contributed by atoms with Crippen molar-refractivity contribution in [3.05, 3.63) is 77.0 Å². The summed E-state index contributed by atoms with van der Waals surface area (Å²) >= 11 is 0. The highest BCUT2D eigenvalue weighted by Crippen LogP contribution is 2.29. The highest BCUT2D eigenvalue weighted by atomic mass is 15.1. The first-order valence-corrected chi connectivity index (χ1v) is 12.0. The van der Waals surface area contributed by atoms with E-state index < -0.39 is 0 Å². The van der Waals surface area contributed by atoms with Crippen LogP contribution in [0.25, 0.3) is 5.70 Å². The van der Waals surface area contributed by atoms with Crippen LogP contribution >= 0.6 is 0 Å². The molecule has 0 aliphatic heterocycles. The number of nitrogens with zero attached hydrogens (tertiary/aromatic N) is 3. The minimum Gasteiger partial charge on any atom is -0.387 e. The molecule has 0 amide bonds. The van der Waals surface area contributed by atoms with Crippen molar-refractivity contribution in [3.63, 3.8) is 0 Å². The molecular formula is C29H44N4. The van der Waals surface area contributed by atoms with Crippen LogP contribution in [0.3, 0.4) is 0 Å². The summed E-state index contributed by atoms with van der Waals surface area (Å²) in [5, 5.41) is 0. The zero-order chi connectivity index (χ0) is 24.8. The summed E-state index contributed by atoms with van der Waals surface area (Å²) in [6, 6.07) is 8.53. The van der Waals surface area contributed by atoms with Crippen LogP contribution in [0.15, 0.2) is 75.9 Å². The van der Waals surface area contributed by atoms with Gasteiger partial charge in [0.15, 0.2) is 0 Å². The average molecular weight is 449 g/mol. The van der Waals surface area contributed by atoms with E-state index in [1.165, 1.54) is 24.0 Å². The molecule has 1 rings (SSSR count). The van der Waals surface area contributed by atoms with E-state index in [-0.39, 0.29) is 0 Å². The van der Waals surface area contributed by atoms with E-state index in [0.717, 1.165) is 54.2 Å². The van der Waals surface area contributed by atoms with Crippen molar-refractivity contribution in [1.82, 2.24) is 4.90 Å². The molecular weight excluding hydrogens is 404 g/mol. The third kappa shape index (κ3) is 11.1. The minimum absolute atomic E-state index is 0.522. The van der Waals surface area contributed by atoms with Crippen LogP contribution in [-0.2, 0) is 0 Å². The number of nitrogens with two attached hydrogens (primary N) is 1. The first kappa shape index (κ1) is 28.3. The van der Waals surface area contributed by atoms with Gasteiger partial charge in [0.1, 0.15) is 0 Å². The van der Waals surface area contributed by atoms with Gasteiger partial charge in [0, 0.05) is 24.0 Å². The van der Waals surface area contributed by atoms with Gasteiger partial charge >= 0.3 is 0 Å². The number of amidine groups is 1. The predicted molar refractivity (Wildman–Crippen MR) is 148 cm³/mol. The maximum absolute atomic E-state index is 5.70. The largest absolute Gasteiger partial charge is 0.387 e. The van der Waals surface area contributed by atoms with Crippen molar-refractivity contribution in [2.24, 2.45) is 15.7 Å². The van der Waals surface area contributed by atoms with Gasteiger partial charge in [-0.3, -0.25) is 9.89 Å². The Bertz CT molecular complexity index is 897. The lowest BCUT2D eigenvalue weighted by atomic mass is 9.96. The number of benzene rings is 1. The van der Waals surface area contributed by atoms with E-state index in [2.05, 4.69) is 74.5 Å². The Hall–Kier alpha value is -2.72. The van der Waals surface area contributed by atoms with Gasteiger partial charge in [0.05, 0.1) is 11.5 Å². The molecule has 0 fully saturated rings. The third-order valence-electron chi connectivity index (χ3n) is 5.10. The molecule has 0 aliphatic rings. The molecule has 2 N–H and O–H groups in total. The fraction of sp³-hybridized carbons (Fsp3) is 0.448. The van der Waals surface area contributed by atoms with E-state index in [0.29, 0.717) is 5.84 Å². The van der Waals surface area contributed by atoms with Gasteiger partial charge < -0.3 is 5.73 Å². The number of hydrogen-bond donors (Lipinski definition) is 1. The second-order valence-electron chi connectivity index (χ2n) is 8.89. The van der Waals surface area contributed by atoms with Gasteiger partial charge in [-0.05, 0) is 84.2 Å². The predicted octanol–water partition coefficient (Wildman–Crippen LogP) is 7.09. The molecule has 33 heavy (non-hydrogen) atoms. The van der Waals surface area contributed by atoms with Crippen molar-refractivity contribution < 1.29 is 0 Å². The molecule has 0 atom stereocenters. The summed E-state index contributed by atoms with van der Waals surface area (Å²) in [6.07, 6.45) is 9.05. The molecule has 0 aromatic heterocycles. The van der Waals surface area contributed by atoms with E-state index >= 15 is 0 Å². The van der Waals surface area contributed by atoms with Crippen molar-refractivity contribution in [3.8, 4) is 0 Å². The Kier molecular flexibility index (Phi) is 13.0. The molecule has 0 saturated carbocycles. The smallest absolute Gasteiger partial charge is 0.0957 e. The molecule has 0 bridgehead atoms. The van der Waals surface area contributed by atoms with Crippen LogP contribution in [0.5, 0.6) is 0 Å². The Labute approximate surface area is 202 Å². The quantitative estimate of drug-likeness (QED) is 0.151. The molecule has 0 aliphatic carbocycles. The van der Waals surface area contributed by atoms with Crippen LogP contribution in [0.4, 0.5) is 0 Å². The molecule has 180 valence electrons. The van der Waals surface area contributed by atoms with E-state index in [9.17, 15) is 0 Å². The Morgan fingerprint density at radius 2 is 1.64 bits per heavy atom. The number of aryl methyl sites for hydroxylation is 1. The van der Waals surface area contributed by atoms with Gasteiger partial charge in [-0.15, -0.1) is 0 Å². The zero-order valence-electron chi connectivity index (χ0n) is 21.9. The zero-order valence-corrected chi connectivity index (χ0v) is 21.9. The Balaban J connectivity index is 3.45. The fourth-order valence-corrected chi connectivity index (χ4v) is 3.56. The number of allylic oxidation sites excluding steroid dienone is 4. The van der Waals surface area contributed by atoms with Gasteiger partial charge in [0.25, 0.3) is 0 Å². The fourth-order valence-electron chi connectivity index (χ4n) is 3.56. The van der Waals surface area contributed by atoms with Crippen molar-refractivity contribution in [2.45, 2.75) is 67.7 Å². The van der Waals surface area contributed by atoms with Crippen LogP contribution < -0.4 is 5.73 Å². The van der Waals surface area contributed by atoms with Crippen molar-refractivity contribution >= 4 is 17.2 Å². The first-order chi connectivity index (χ1) is 15.7. The summed E-state index contributed by atoms with van der Waals surface area (Å²) in [6.45, 7) is 22.2. The molecule has 4 nitrogen and oxygen atoms in total. The summed E-state index contributed by atoms with van der Waals surface area (Å²) in [5.41, 5.74) is 13.3. The summed E-state index contributed by atoms with van der Waals surface area (Å²) in [5.74, 6) is 0.522. The third-order valence-corrected chi connectivity index (χ3v) is 5.10. The van der Waals surface area contributed by atoms with Gasteiger partial charge in [-0.25, -0.2) is 4.99 Å². The molecule has 0 spiro atoms. The topological polar surface area (TPSA) is 54.0 Å². The summed E-state index contributed by atoms with van der Waals surface area (Å²) in [7, 11) is 0. The molecule has 4 heteroatoms. The molecule has 0 heterocycles. The normalized spacial score (nSPS) is 13.5. The Morgan fingerprint density at radius 3 is 2.15 bits per heavy atom. The second kappa shape index (κ2) is 15.2. The summed E-state index contributed by atoms with van der Waals surface area (Å²) in [4.78, 5) is 11.7. The number of hydrogen-bond acceptors (Lipinski definition) is 3. The summed E-state index contributed by atoms with van der Waals surface area (Å²) < 4.78 is 0. The lowest BCUT2D eigenvalue weighted by Gasteiger charge is -2.21. The van der Waals surface area contributed by atoms with Crippen molar-refractivity contribution in [2.75, 3.05) is 19.6 Å². The minimum atomic E-state index is 0.522. The van der Waals surface area contributed by atoms with Gasteiger partial charge in [-0.1, -0.05) is 61.9 Å². The number of aliphatic imine (C=N–C) groups is 2. The van der Waals surface area contributed by atoms with E-state index in [1.807, 2.05) is 19.9 Å². The SMILES string of the molecule is C=C(/C=C\N=C(/C)N)/C(C/C=C(\C)CN(CCC)CCC)=C(/N=C(C)C)c1ccc(C)cc1. The molecule has 1 aromatic rings. The maximum Gasteiger partial charge on any atom is 0.0957 e. The lowest BCUT2D eigenvalue weighted by molar-refractivity contribution is 0.297. The molecule has 0 radical (unpaired) electrons. The van der Waals surface area contributed by atoms with Crippen LogP contribution in [0.1, 0.15) is 71.9 Å². The Morgan fingerprint density at radius 1 is 1.03 bits per heavy atom. The van der Waals surface area contributed by atoms with Crippen LogP contribution in [-0.4, -0.2) is 36.1 Å². The van der Waals surface area contributed by atoms with E-state index in [4.69, 9.17) is 10.7 Å². The van der Waals surface area contributed by atoms with E-state index in [1.54, 1.807) is 13.1 Å². The van der Waals surface area contributed by atoms with Crippen LogP contribution in [0, 0.1) is 6.92 Å².